The molecule has 11 rings (SSSR count). The lowest BCUT2D eigenvalue weighted by molar-refractivity contribution is 1.18. The predicted molar refractivity (Wildman–Crippen MR) is 229 cm³/mol. The summed E-state index contributed by atoms with van der Waals surface area (Å²) in [4.78, 5) is 0. The van der Waals surface area contributed by atoms with Crippen LogP contribution in [0.25, 0.3) is 99.1 Å². The number of fused-ring (bicyclic) bond motifs is 7. The smallest absolute Gasteiger partial charge is 0.0547 e. The molecule has 0 saturated heterocycles. The number of hydrogen-bond acceptors (Lipinski definition) is 0. The van der Waals surface area contributed by atoms with E-state index in [1.807, 2.05) is 0 Å². The molecule has 2 nitrogen and oxygen atoms in total. The van der Waals surface area contributed by atoms with E-state index in [0.717, 1.165) is 0 Å². The standard InChI is InChI=1S/C52H34N2/c1-3-15-35(16-4-1)40-22-9-11-25-46(40)54-50-32-30-39(34-45(50)52-42(24-14-28-51(52)54)37-17-5-2-6-18-37)38-29-31-49-44(33-38)43-23-10-12-26-48(43)53(49)47-27-13-20-36-19-7-8-21-41(36)47/h1-34H. The van der Waals surface area contributed by atoms with Crippen LogP contribution >= 0.6 is 0 Å². The Morgan fingerprint density at radius 1 is 0.259 bits per heavy atom. The van der Waals surface area contributed by atoms with E-state index in [-0.39, 0.29) is 0 Å². The molecule has 9 aromatic carbocycles. The highest BCUT2D eigenvalue weighted by Gasteiger charge is 2.20. The molecule has 2 aromatic heterocycles. The molecule has 0 aliphatic carbocycles. The highest BCUT2D eigenvalue weighted by atomic mass is 15.0. The van der Waals surface area contributed by atoms with Gasteiger partial charge in [0, 0.05) is 32.5 Å². The van der Waals surface area contributed by atoms with E-state index in [1.54, 1.807) is 0 Å². The summed E-state index contributed by atoms with van der Waals surface area (Å²) in [5.74, 6) is 0. The summed E-state index contributed by atoms with van der Waals surface area (Å²) in [7, 11) is 0. The van der Waals surface area contributed by atoms with E-state index < -0.39 is 0 Å². The molecule has 0 aliphatic rings. The van der Waals surface area contributed by atoms with Crippen molar-refractivity contribution in [1.29, 1.82) is 0 Å². The zero-order valence-electron chi connectivity index (χ0n) is 29.5. The van der Waals surface area contributed by atoms with Gasteiger partial charge in [0.2, 0.25) is 0 Å². The summed E-state index contributed by atoms with van der Waals surface area (Å²) >= 11 is 0. The number of hydrogen-bond donors (Lipinski definition) is 0. The zero-order valence-corrected chi connectivity index (χ0v) is 29.5. The van der Waals surface area contributed by atoms with Crippen LogP contribution in [0.2, 0.25) is 0 Å². The molecule has 0 fully saturated rings. The molecule has 0 spiro atoms. The monoisotopic (exact) mass is 686 g/mol. The van der Waals surface area contributed by atoms with E-state index in [2.05, 4.69) is 215 Å². The second-order valence-corrected chi connectivity index (χ2v) is 14.1. The Bertz CT molecular complexity index is 3200. The van der Waals surface area contributed by atoms with Gasteiger partial charge in [0.1, 0.15) is 0 Å². The highest BCUT2D eigenvalue weighted by Crippen LogP contribution is 2.43. The molecule has 252 valence electrons. The minimum absolute atomic E-state index is 1.17. The highest BCUT2D eigenvalue weighted by molar-refractivity contribution is 6.17. The van der Waals surface area contributed by atoms with Crippen LogP contribution < -0.4 is 0 Å². The minimum Gasteiger partial charge on any atom is -0.309 e. The molecule has 54 heavy (non-hydrogen) atoms. The first kappa shape index (κ1) is 30.5. The van der Waals surface area contributed by atoms with Gasteiger partial charge >= 0.3 is 0 Å². The van der Waals surface area contributed by atoms with Crippen LogP contribution in [0.4, 0.5) is 0 Å². The molecule has 0 bridgehead atoms. The average Bonchev–Trinajstić information content (AvgIpc) is 3.76. The van der Waals surface area contributed by atoms with Crippen LogP contribution in [0, 0.1) is 0 Å². The van der Waals surface area contributed by atoms with Gasteiger partial charge in [-0.1, -0.05) is 158 Å². The topological polar surface area (TPSA) is 9.86 Å². The predicted octanol–water partition coefficient (Wildman–Crippen LogP) is 14.0. The first-order valence-electron chi connectivity index (χ1n) is 18.6. The number of aromatic nitrogens is 2. The van der Waals surface area contributed by atoms with Gasteiger partial charge in [-0.25, -0.2) is 0 Å². The molecule has 0 saturated carbocycles. The van der Waals surface area contributed by atoms with Crippen molar-refractivity contribution in [3.63, 3.8) is 0 Å². The summed E-state index contributed by atoms with van der Waals surface area (Å²) < 4.78 is 4.90. The van der Waals surface area contributed by atoms with Crippen molar-refractivity contribution in [3.8, 4) is 44.8 Å². The molecule has 0 aliphatic heterocycles. The fourth-order valence-electron chi connectivity index (χ4n) is 8.71. The van der Waals surface area contributed by atoms with E-state index in [9.17, 15) is 0 Å². The second-order valence-electron chi connectivity index (χ2n) is 14.1. The number of para-hydroxylation sites is 2. The van der Waals surface area contributed by atoms with Gasteiger partial charge in [-0.3, -0.25) is 0 Å². The third-order valence-electron chi connectivity index (χ3n) is 11.1. The third kappa shape index (κ3) is 4.67. The van der Waals surface area contributed by atoms with Gasteiger partial charge in [0.05, 0.1) is 33.4 Å². The molecular weight excluding hydrogens is 653 g/mol. The van der Waals surface area contributed by atoms with Crippen molar-refractivity contribution < 1.29 is 0 Å². The Hall–Kier alpha value is -7.16. The Morgan fingerprint density at radius 3 is 1.56 bits per heavy atom. The summed E-state index contributed by atoms with van der Waals surface area (Å²) in [5, 5.41) is 7.49. The SMILES string of the molecule is c1ccc(-c2ccccc2-n2c3ccc(-c4ccc5c(c4)c4ccccc4n5-c4cccc5ccccc45)cc3c3c(-c4ccccc4)cccc32)cc1. The molecule has 0 amide bonds. The lowest BCUT2D eigenvalue weighted by atomic mass is 9.97. The normalized spacial score (nSPS) is 11.7. The Kier molecular flexibility index (Phi) is 6.90. The molecule has 2 heteroatoms. The van der Waals surface area contributed by atoms with Gasteiger partial charge < -0.3 is 9.13 Å². The lowest BCUT2D eigenvalue weighted by Crippen LogP contribution is -1.97. The largest absolute Gasteiger partial charge is 0.309 e. The average molecular weight is 687 g/mol. The van der Waals surface area contributed by atoms with Crippen LogP contribution in [-0.4, -0.2) is 9.13 Å². The van der Waals surface area contributed by atoms with Gasteiger partial charge in [-0.15, -0.1) is 0 Å². The Morgan fingerprint density at radius 2 is 0.759 bits per heavy atom. The van der Waals surface area contributed by atoms with E-state index in [4.69, 9.17) is 0 Å². The summed E-state index contributed by atoms with van der Waals surface area (Å²) in [6.07, 6.45) is 0. The van der Waals surface area contributed by atoms with E-state index >= 15 is 0 Å². The van der Waals surface area contributed by atoms with E-state index in [1.165, 1.54) is 99.1 Å². The van der Waals surface area contributed by atoms with Crippen molar-refractivity contribution in [2.45, 2.75) is 0 Å². The van der Waals surface area contributed by atoms with Crippen LogP contribution in [0.15, 0.2) is 206 Å². The van der Waals surface area contributed by atoms with Gasteiger partial charge in [0.25, 0.3) is 0 Å². The fraction of sp³-hybridized carbons (Fsp3) is 0. The maximum atomic E-state index is 2.46. The van der Waals surface area contributed by atoms with Crippen LogP contribution in [0.3, 0.4) is 0 Å². The first-order chi connectivity index (χ1) is 26.8. The number of benzene rings is 9. The molecule has 0 unspecified atom stereocenters. The molecular formula is C52H34N2. The molecule has 0 N–H and O–H groups in total. The second kappa shape index (κ2) is 12.2. The van der Waals surface area contributed by atoms with Crippen molar-refractivity contribution >= 4 is 54.4 Å². The van der Waals surface area contributed by atoms with Crippen molar-refractivity contribution in [3.05, 3.63) is 206 Å². The maximum absolute atomic E-state index is 2.46. The van der Waals surface area contributed by atoms with Crippen LogP contribution in [0.5, 0.6) is 0 Å². The first-order valence-corrected chi connectivity index (χ1v) is 18.6. The Labute approximate surface area is 313 Å². The van der Waals surface area contributed by atoms with Gasteiger partial charge in [0.15, 0.2) is 0 Å². The van der Waals surface area contributed by atoms with Gasteiger partial charge in [-0.05, 0) is 81.7 Å². The lowest BCUT2D eigenvalue weighted by Gasteiger charge is -2.14. The fourth-order valence-corrected chi connectivity index (χ4v) is 8.71. The van der Waals surface area contributed by atoms with Crippen molar-refractivity contribution in [1.82, 2.24) is 9.13 Å². The van der Waals surface area contributed by atoms with E-state index in [0.29, 0.717) is 0 Å². The van der Waals surface area contributed by atoms with Crippen LogP contribution in [-0.2, 0) is 0 Å². The van der Waals surface area contributed by atoms with Crippen LogP contribution in [0.1, 0.15) is 0 Å². The molecule has 0 radical (unpaired) electrons. The summed E-state index contributed by atoms with van der Waals surface area (Å²) in [6, 6.07) is 75.2. The molecule has 11 aromatic rings. The van der Waals surface area contributed by atoms with Crippen molar-refractivity contribution in [2.75, 3.05) is 0 Å². The maximum Gasteiger partial charge on any atom is 0.0547 e. The summed E-state index contributed by atoms with van der Waals surface area (Å²) in [6.45, 7) is 0. The third-order valence-corrected chi connectivity index (χ3v) is 11.1. The van der Waals surface area contributed by atoms with Gasteiger partial charge in [-0.2, -0.15) is 0 Å². The quantitative estimate of drug-likeness (QED) is 0.171. The molecule has 0 atom stereocenters. The van der Waals surface area contributed by atoms with Crippen molar-refractivity contribution in [2.24, 2.45) is 0 Å². The summed E-state index contributed by atoms with van der Waals surface area (Å²) in [5.41, 5.74) is 14.4. The number of nitrogens with zero attached hydrogens (tertiary/aromatic N) is 2. The number of rotatable bonds is 5. The zero-order chi connectivity index (χ0) is 35.6. The Balaban J connectivity index is 1.16. The minimum atomic E-state index is 1.17. The molecule has 2 heterocycles.